The molecule has 0 spiro atoms. The van der Waals surface area contributed by atoms with Gasteiger partial charge in [0, 0.05) is 23.9 Å². The molecule has 0 radical (unpaired) electrons. The van der Waals surface area contributed by atoms with E-state index in [4.69, 9.17) is 10.5 Å². The molecule has 0 aliphatic rings. The molecule has 18 heavy (non-hydrogen) atoms. The van der Waals surface area contributed by atoms with Gasteiger partial charge in [-0.2, -0.15) is 0 Å². The van der Waals surface area contributed by atoms with Gasteiger partial charge in [0.1, 0.15) is 11.6 Å². The number of rotatable bonds is 1. The molecule has 0 unspecified atom stereocenters. The van der Waals surface area contributed by atoms with E-state index in [1.807, 2.05) is 32.2 Å². The molecule has 4 heteroatoms. The van der Waals surface area contributed by atoms with Crippen LogP contribution in [0.4, 0.5) is 5.82 Å². The molecule has 2 N–H and O–H groups in total. The molecule has 0 aliphatic carbocycles. The number of aryl methyl sites for hydroxylation is 2. The Kier molecular flexibility index (Phi) is 2.20. The molecule has 2 aromatic heterocycles. The number of aromatic nitrogens is 2. The second-order valence-electron chi connectivity index (χ2n) is 4.47. The summed E-state index contributed by atoms with van der Waals surface area (Å²) in [6, 6.07) is 7.99. The third-order valence-electron chi connectivity index (χ3n) is 3.38. The first-order valence-electron chi connectivity index (χ1n) is 5.81. The van der Waals surface area contributed by atoms with Gasteiger partial charge in [-0.25, -0.2) is 4.98 Å². The van der Waals surface area contributed by atoms with Gasteiger partial charge < -0.3 is 15.0 Å². The third-order valence-corrected chi connectivity index (χ3v) is 3.38. The summed E-state index contributed by atoms with van der Waals surface area (Å²) in [4.78, 5) is 4.33. The Morgan fingerprint density at radius 3 is 2.72 bits per heavy atom. The number of nitrogens with zero attached hydrogens (tertiary/aromatic N) is 2. The first-order valence-corrected chi connectivity index (χ1v) is 5.81. The zero-order valence-electron chi connectivity index (χ0n) is 10.7. The third kappa shape index (κ3) is 1.35. The number of pyridine rings is 1. The Labute approximate surface area is 105 Å². The predicted octanol–water partition coefficient (Wildman–Crippen LogP) is 2.63. The molecule has 2 heterocycles. The summed E-state index contributed by atoms with van der Waals surface area (Å²) < 4.78 is 7.41. The van der Waals surface area contributed by atoms with E-state index in [0.717, 1.165) is 27.9 Å². The lowest BCUT2D eigenvalue weighted by Crippen LogP contribution is -1.95. The van der Waals surface area contributed by atoms with Crippen LogP contribution in [0.1, 0.15) is 5.69 Å². The minimum absolute atomic E-state index is 0.559. The molecule has 0 saturated carbocycles. The maximum absolute atomic E-state index is 5.84. The number of anilines is 1. The number of nitrogen functional groups attached to an aromatic ring is 1. The van der Waals surface area contributed by atoms with E-state index in [1.165, 1.54) is 5.39 Å². The average molecular weight is 241 g/mol. The number of fused-ring (bicyclic) bond motifs is 3. The first kappa shape index (κ1) is 10.9. The van der Waals surface area contributed by atoms with Crippen LogP contribution in [0.25, 0.3) is 21.8 Å². The highest BCUT2D eigenvalue weighted by atomic mass is 16.5. The molecule has 4 nitrogen and oxygen atoms in total. The molecule has 0 amide bonds. The smallest absolute Gasteiger partial charge is 0.124 e. The van der Waals surface area contributed by atoms with Crippen molar-refractivity contribution in [3.05, 3.63) is 30.0 Å². The quantitative estimate of drug-likeness (QED) is 0.712. The molecular formula is C14H15N3O. The molecule has 0 bridgehead atoms. The number of hydrogen-bond donors (Lipinski definition) is 1. The van der Waals surface area contributed by atoms with Crippen molar-refractivity contribution >= 4 is 27.6 Å². The van der Waals surface area contributed by atoms with Gasteiger partial charge in [-0.3, -0.25) is 0 Å². The molecule has 1 aromatic carbocycles. The Balaban J connectivity index is 2.53. The Hall–Kier alpha value is -2.23. The molecule has 3 aromatic rings. The largest absolute Gasteiger partial charge is 0.497 e. The van der Waals surface area contributed by atoms with Gasteiger partial charge in [-0.1, -0.05) is 0 Å². The van der Waals surface area contributed by atoms with Gasteiger partial charge in [0.2, 0.25) is 0 Å². The molecule has 0 fully saturated rings. The number of ether oxygens (including phenoxy) is 1. The summed E-state index contributed by atoms with van der Waals surface area (Å²) in [5.74, 6) is 1.41. The highest BCUT2D eigenvalue weighted by Gasteiger charge is 2.12. The van der Waals surface area contributed by atoms with Gasteiger partial charge in [0.25, 0.3) is 0 Å². The van der Waals surface area contributed by atoms with E-state index in [9.17, 15) is 0 Å². The predicted molar refractivity (Wildman–Crippen MR) is 73.9 cm³/mol. The van der Waals surface area contributed by atoms with Crippen molar-refractivity contribution in [3.8, 4) is 5.75 Å². The Morgan fingerprint density at radius 1 is 1.22 bits per heavy atom. The van der Waals surface area contributed by atoms with E-state index >= 15 is 0 Å². The minimum Gasteiger partial charge on any atom is -0.497 e. The Bertz CT molecular complexity index is 759. The summed E-state index contributed by atoms with van der Waals surface area (Å²) in [5, 5.41) is 2.31. The molecule has 92 valence electrons. The number of nitrogens with two attached hydrogens (primary N) is 1. The standard InChI is InChI=1S/C14H15N3O/c1-8-14-11(7-13(15)16-8)10-5-4-9(18-3)6-12(10)17(14)2/h4-7H,1-3H3,(H2,15,16). The highest BCUT2D eigenvalue weighted by molar-refractivity contribution is 6.09. The topological polar surface area (TPSA) is 53.1 Å². The van der Waals surface area contributed by atoms with E-state index in [1.54, 1.807) is 7.11 Å². The van der Waals surface area contributed by atoms with Crippen molar-refractivity contribution in [2.45, 2.75) is 6.92 Å². The minimum atomic E-state index is 0.559. The maximum Gasteiger partial charge on any atom is 0.124 e. The van der Waals surface area contributed by atoms with Crippen molar-refractivity contribution < 1.29 is 4.74 Å². The maximum atomic E-state index is 5.84. The fourth-order valence-corrected chi connectivity index (χ4v) is 2.58. The summed E-state index contributed by atoms with van der Waals surface area (Å²) >= 11 is 0. The highest BCUT2D eigenvalue weighted by Crippen LogP contribution is 2.32. The van der Waals surface area contributed by atoms with Crippen molar-refractivity contribution in [2.75, 3.05) is 12.8 Å². The SMILES string of the molecule is COc1ccc2c3cc(N)nc(C)c3n(C)c2c1. The lowest BCUT2D eigenvalue weighted by atomic mass is 10.1. The van der Waals surface area contributed by atoms with Crippen LogP contribution in [0.3, 0.4) is 0 Å². The molecule has 0 saturated heterocycles. The van der Waals surface area contributed by atoms with E-state index < -0.39 is 0 Å². The van der Waals surface area contributed by atoms with Crippen molar-refractivity contribution in [2.24, 2.45) is 7.05 Å². The van der Waals surface area contributed by atoms with Crippen molar-refractivity contribution in [3.63, 3.8) is 0 Å². The van der Waals surface area contributed by atoms with Crippen LogP contribution in [0.2, 0.25) is 0 Å². The van der Waals surface area contributed by atoms with Gasteiger partial charge >= 0.3 is 0 Å². The van der Waals surface area contributed by atoms with Gasteiger partial charge in [0.15, 0.2) is 0 Å². The molecular weight excluding hydrogens is 226 g/mol. The second kappa shape index (κ2) is 3.63. The van der Waals surface area contributed by atoms with Crippen LogP contribution in [-0.2, 0) is 7.05 Å². The first-order chi connectivity index (χ1) is 8.61. The second-order valence-corrected chi connectivity index (χ2v) is 4.47. The number of hydrogen-bond acceptors (Lipinski definition) is 3. The fraction of sp³-hybridized carbons (Fsp3) is 0.214. The van der Waals surface area contributed by atoms with Gasteiger partial charge in [-0.15, -0.1) is 0 Å². The number of benzene rings is 1. The Morgan fingerprint density at radius 2 is 2.00 bits per heavy atom. The number of methoxy groups -OCH3 is 1. The average Bonchev–Trinajstić information content (AvgIpc) is 2.62. The van der Waals surface area contributed by atoms with Gasteiger partial charge in [-0.05, 0) is 25.1 Å². The fourth-order valence-electron chi connectivity index (χ4n) is 2.58. The van der Waals surface area contributed by atoms with E-state index in [2.05, 4.69) is 15.6 Å². The van der Waals surface area contributed by atoms with E-state index in [-0.39, 0.29) is 0 Å². The van der Waals surface area contributed by atoms with Crippen LogP contribution >= 0.6 is 0 Å². The van der Waals surface area contributed by atoms with Crippen molar-refractivity contribution in [1.82, 2.24) is 9.55 Å². The van der Waals surface area contributed by atoms with Crippen molar-refractivity contribution in [1.29, 1.82) is 0 Å². The molecule has 0 atom stereocenters. The van der Waals surface area contributed by atoms with Crippen LogP contribution in [0.5, 0.6) is 5.75 Å². The summed E-state index contributed by atoms with van der Waals surface area (Å²) in [7, 11) is 3.71. The van der Waals surface area contributed by atoms with E-state index in [0.29, 0.717) is 5.82 Å². The van der Waals surface area contributed by atoms with Crippen LogP contribution in [0.15, 0.2) is 24.3 Å². The summed E-state index contributed by atoms with van der Waals surface area (Å²) in [6.07, 6.45) is 0. The molecule has 0 aliphatic heterocycles. The summed E-state index contributed by atoms with van der Waals surface area (Å²) in [6.45, 7) is 1.98. The monoisotopic (exact) mass is 241 g/mol. The lowest BCUT2D eigenvalue weighted by Gasteiger charge is -2.02. The molecule has 3 rings (SSSR count). The normalized spacial score (nSPS) is 11.3. The lowest BCUT2D eigenvalue weighted by molar-refractivity contribution is 0.415. The summed E-state index contributed by atoms with van der Waals surface area (Å²) in [5.41, 5.74) is 9.03. The zero-order valence-corrected chi connectivity index (χ0v) is 10.7. The van der Waals surface area contributed by atoms with Crippen LogP contribution in [0, 0.1) is 6.92 Å². The zero-order chi connectivity index (χ0) is 12.9. The van der Waals surface area contributed by atoms with Crippen LogP contribution in [-0.4, -0.2) is 16.7 Å². The van der Waals surface area contributed by atoms with Gasteiger partial charge in [0.05, 0.1) is 23.8 Å². The van der Waals surface area contributed by atoms with Crippen LogP contribution < -0.4 is 10.5 Å².